The van der Waals surface area contributed by atoms with E-state index in [2.05, 4.69) is 27.4 Å². The smallest absolute Gasteiger partial charge is 0.249 e. The quantitative estimate of drug-likeness (QED) is 0.865. The van der Waals surface area contributed by atoms with Gasteiger partial charge in [0.25, 0.3) is 0 Å². The molecule has 0 unspecified atom stereocenters. The van der Waals surface area contributed by atoms with Crippen molar-refractivity contribution in [2.45, 2.75) is 32.2 Å². The number of pyridine rings is 1. The van der Waals surface area contributed by atoms with Gasteiger partial charge in [0.05, 0.1) is 11.7 Å². The van der Waals surface area contributed by atoms with Crippen molar-refractivity contribution in [3.8, 4) is 0 Å². The second-order valence-electron chi connectivity index (χ2n) is 5.61. The van der Waals surface area contributed by atoms with Crippen LogP contribution in [0, 0.1) is 0 Å². The van der Waals surface area contributed by atoms with Crippen LogP contribution < -0.4 is 5.32 Å². The van der Waals surface area contributed by atoms with Gasteiger partial charge in [0.15, 0.2) is 0 Å². The highest BCUT2D eigenvalue weighted by molar-refractivity contribution is 7.15. The van der Waals surface area contributed by atoms with E-state index in [1.54, 1.807) is 7.11 Å². The predicted octanol–water partition coefficient (Wildman–Crippen LogP) is 2.55. The average molecular weight is 347 g/mol. The first-order chi connectivity index (χ1) is 11.7. The van der Waals surface area contributed by atoms with Crippen molar-refractivity contribution in [3.63, 3.8) is 0 Å². The zero-order chi connectivity index (χ0) is 16.9. The lowest BCUT2D eigenvalue weighted by Crippen LogP contribution is -2.33. The van der Waals surface area contributed by atoms with Crippen molar-refractivity contribution in [1.29, 1.82) is 0 Å². The lowest BCUT2D eigenvalue weighted by molar-refractivity contribution is -0.136. The van der Waals surface area contributed by atoms with Gasteiger partial charge >= 0.3 is 0 Å². The van der Waals surface area contributed by atoms with Crippen LogP contribution >= 0.6 is 11.3 Å². The van der Waals surface area contributed by atoms with Crippen LogP contribution in [0.4, 0.5) is 10.9 Å². The van der Waals surface area contributed by atoms with Crippen LogP contribution in [0.5, 0.6) is 0 Å². The minimum atomic E-state index is 0.00928. The van der Waals surface area contributed by atoms with E-state index in [0.29, 0.717) is 0 Å². The van der Waals surface area contributed by atoms with Gasteiger partial charge in [-0.1, -0.05) is 24.3 Å². The van der Waals surface area contributed by atoms with E-state index in [1.165, 1.54) is 11.3 Å². The Morgan fingerprint density at radius 1 is 1.46 bits per heavy atom. The monoisotopic (exact) mass is 347 g/mol. The van der Waals surface area contributed by atoms with Crippen molar-refractivity contribution in [1.82, 2.24) is 20.1 Å². The highest BCUT2D eigenvalue weighted by atomic mass is 32.1. The van der Waals surface area contributed by atoms with Gasteiger partial charge in [0.2, 0.25) is 11.0 Å². The number of anilines is 2. The van der Waals surface area contributed by atoms with Crippen molar-refractivity contribution in [2.75, 3.05) is 25.6 Å². The Hall–Kier alpha value is -2.06. The number of rotatable bonds is 6. The van der Waals surface area contributed by atoms with Crippen LogP contribution in [0.2, 0.25) is 0 Å². The number of carbonyl (C=O) groups excluding carboxylic acids is 1. The molecule has 1 N–H and O–H groups in total. The maximum absolute atomic E-state index is 12.2. The maximum Gasteiger partial charge on any atom is 0.249 e. The summed E-state index contributed by atoms with van der Waals surface area (Å²) in [4.78, 5) is 18.7. The molecule has 1 atom stereocenters. The molecule has 24 heavy (non-hydrogen) atoms. The van der Waals surface area contributed by atoms with Crippen LogP contribution in [0.1, 0.15) is 36.5 Å². The highest BCUT2D eigenvalue weighted by Crippen LogP contribution is 2.31. The van der Waals surface area contributed by atoms with Crippen LogP contribution in [0.3, 0.4) is 0 Å². The van der Waals surface area contributed by atoms with Gasteiger partial charge in [-0.25, -0.2) is 4.98 Å². The minimum Gasteiger partial charge on any atom is -0.375 e. The van der Waals surface area contributed by atoms with E-state index in [4.69, 9.17) is 4.74 Å². The predicted molar refractivity (Wildman–Crippen MR) is 92.4 cm³/mol. The number of nitrogens with zero attached hydrogens (tertiary/aromatic N) is 4. The normalized spacial score (nSPS) is 17.2. The Balaban J connectivity index is 1.75. The molecular weight excluding hydrogens is 326 g/mol. The molecule has 8 heteroatoms. The van der Waals surface area contributed by atoms with E-state index >= 15 is 0 Å². The molecule has 0 aromatic carbocycles. The molecule has 1 aliphatic heterocycles. The van der Waals surface area contributed by atoms with Gasteiger partial charge in [-0.15, -0.1) is 10.2 Å². The Morgan fingerprint density at radius 2 is 2.33 bits per heavy atom. The topological polar surface area (TPSA) is 80.2 Å². The zero-order valence-corrected chi connectivity index (χ0v) is 14.7. The molecule has 0 radical (unpaired) electrons. The number of likely N-dealkylation sites (tertiary alicyclic amines) is 1. The molecule has 1 saturated heterocycles. The number of amides is 1. The average Bonchev–Trinajstić information content (AvgIpc) is 3.24. The van der Waals surface area contributed by atoms with E-state index in [0.717, 1.165) is 47.5 Å². The van der Waals surface area contributed by atoms with E-state index < -0.39 is 0 Å². The van der Waals surface area contributed by atoms with Crippen LogP contribution in [-0.2, 0) is 16.0 Å². The number of hydrogen-bond acceptors (Lipinski definition) is 7. The summed E-state index contributed by atoms with van der Waals surface area (Å²) in [7, 11) is 1.54. The Labute approximate surface area is 145 Å². The van der Waals surface area contributed by atoms with Crippen LogP contribution in [0.25, 0.3) is 0 Å². The lowest BCUT2D eigenvalue weighted by Gasteiger charge is -2.24. The van der Waals surface area contributed by atoms with Crippen LogP contribution in [-0.4, -0.2) is 46.2 Å². The first-order valence-corrected chi connectivity index (χ1v) is 8.87. The molecule has 1 fully saturated rings. The molecule has 0 aliphatic carbocycles. The molecule has 3 rings (SSSR count). The van der Waals surface area contributed by atoms with E-state index in [-0.39, 0.29) is 18.6 Å². The number of methoxy groups -OCH3 is 1. The van der Waals surface area contributed by atoms with Gasteiger partial charge in [-0.3, -0.25) is 4.79 Å². The van der Waals surface area contributed by atoms with Gasteiger partial charge in [-0.2, -0.15) is 0 Å². The van der Waals surface area contributed by atoms with Crippen molar-refractivity contribution in [2.24, 2.45) is 0 Å². The first-order valence-electron chi connectivity index (χ1n) is 8.06. The van der Waals surface area contributed by atoms with Crippen molar-refractivity contribution < 1.29 is 9.53 Å². The largest absolute Gasteiger partial charge is 0.375 e. The van der Waals surface area contributed by atoms with Crippen molar-refractivity contribution in [3.05, 3.63) is 28.9 Å². The lowest BCUT2D eigenvalue weighted by atomic mass is 10.1. The Kier molecular flexibility index (Phi) is 5.37. The fourth-order valence-corrected chi connectivity index (χ4v) is 3.53. The summed E-state index contributed by atoms with van der Waals surface area (Å²) in [5.41, 5.74) is 0.891. The third-order valence-electron chi connectivity index (χ3n) is 3.96. The van der Waals surface area contributed by atoms with Gasteiger partial charge in [0, 0.05) is 13.7 Å². The van der Waals surface area contributed by atoms with Crippen molar-refractivity contribution >= 4 is 28.2 Å². The third kappa shape index (κ3) is 3.70. The summed E-state index contributed by atoms with van der Waals surface area (Å²) in [6.07, 6.45) is 2.77. The number of hydrogen-bond donors (Lipinski definition) is 1. The number of aromatic nitrogens is 3. The Bertz CT molecular complexity index is 705. The Morgan fingerprint density at radius 3 is 3.08 bits per heavy atom. The molecule has 128 valence electrons. The van der Waals surface area contributed by atoms with Gasteiger partial charge in [0.1, 0.15) is 17.4 Å². The summed E-state index contributed by atoms with van der Waals surface area (Å²) < 4.78 is 4.98. The number of carbonyl (C=O) groups is 1. The summed E-state index contributed by atoms with van der Waals surface area (Å²) in [5, 5.41) is 13.1. The molecule has 2 aromatic rings. The number of ether oxygens (including phenoxy) is 1. The molecule has 3 heterocycles. The number of nitrogens with one attached hydrogen (secondary N) is 1. The first kappa shape index (κ1) is 16.8. The molecule has 1 aliphatic rings. The molecule has 0 spiro atoms. The fraction of sp³-hybridized carbons (Fsp3) is 0.500. The minimum absolute atomic E-state index is 0.00928. The second-order valence-corrected chi connectivity index (χ2v) is 6.67. The highest BCUT2D eigenvalue weighted by Gasteiger charge is 2.30. The summed E-state index contributed by atoms with van der Waals surface area (Å²) in [6.45, 7) is 2.91. The third-order valence-corrected chi connectivity index (χ3v) is 4.94. The molecule has 7 nitrogen and oxygen atoms in total. The maximum atomic E-state index is 12.2. The summed E-state index contributed by atoms with van der Waals surface area (Å²) >= 11 is 1.52. The molecule has 2 aromatic heterocycles. The molecule has 0 saturated carbocycles. The standard InChI is InChI=1S/C16H21N5O2S/c1-3-14-19-20-16(24-14)18-13-8-4-6-11(17-13)12-7-5-9-21(12)15(22)10-23-2/h4,6,8,12H,3,5,7,9-10H2,1-2H3,(H,17,18,20)/t12-/m1/s1. The second kappa shape index (κ2) is 7.67. The van der Waals surface area contributed by atoms with E-state index in [1.807, 2.05) is 23.1 Å². The molecule has 0 bridgehead atoms. The summed E-state index contributed by atoms with van der Waals surface area (Å²) in [6, 6.07) is 5.82. The SMILES string of the molecule is CCc1nnc(Nc2cccc([C@H]3CCCN3C(=O)COC)n2)s1. The molecular formula is C16H21N5O2S. The number of aryl methyl sites for hydroxylation is 1. The molecule has 1 amide bonds. The summed E-state index contributed by atoms with van der Waals surface area (Å²) in [5.74, 6) is 0.731. The zero-order valence-electron chi connectivity index (χ0n) is 13.9. The van der Waals surface area contributed by atoms with Gasteiger partial charge in [-0.05, 0) is 31.4 Å². The van der Waals surface area contributed by atoms with Gasteiger partial charge < -0.3 is 15.0 Å². The van der Waals surface area contributed by atoms with Crippen LogP contribution in [0.15, 0.2) is 18.2 Å². The van der Waals surface area contributed by atoms with E-state index in [9.17, 15) is 4.79 Å². The fourth-order valence-electron chi connectivity index (χ4n) is 2.84.